The molecule has 0 aromatic heterocycles. The number of carbonyl (C=O) groups excluding carboxylic acids is 1. The van der Waals surface area contributed by atoms with Crippen molar-refractivity contribution in [2.45, 2.75) is 26.4 Å². The number of ether oxygens (including phenoxy) is 2. The Morgan fingerprint density at radius 3 is 2.61 bits per heavy atom. The van der Waals surface area contributed by atoms with Crippen LogP contribution in [-0.2, 0) is 9.53 Å². The van der Waals surface area contributed by atoms with Crippen molar-refractivity contribution in [2.24, 2.45) is 0 Å². The van der Waals surface area contributed by atoms with Gasteiger partial charge >= 0.3 is 11.9 Å². The summed E-state index contributed by atoms with van der Waals surface area (Å²) >= 11 is 0. The van der Waals surface area contributed by atoms with Crippen LogP contribution >= 0.6 is 0 Å². The summed E-state index contributed by atoms with van der Waals surface area (Å²) in [6.07, 6.45) is -0.568. The van der Waals surface area contributed by atoms with Gasteiger partial charge in [0.05, 0.1) is 12.2 Å². The largest absolute Gasteiger partial charge is 0.479 e. The average molecular weight is 252 g/mol. The van der Waals surface area contributed by atoms with Gasteiger partial charge in [-0.25, -0.2) is 9.59 Å². The molecule has 0 radical (unpaired) electrons. The van der Waals surface area contributed by atoms with E-state index in [2.05, 4.69) is 0 Å². The summed E-state index contributed by atoms with van der Waals surface area (Å²) in [7, 11) is 0. The predicted molar refractivity (Wildman–Crippen MR) is 64.7 cm³/mol. The molecule has 1 rings (SSSR count). The smallest absolute Gasteiger partial charge is 0.344 e. The third kappa shape index (κ3) is 3.76. The Balaban J connectivity index is 2.81. The summed E-state index contributed by atoms with van der Waals surface area (Å²) in [6.45, 7) is 3.72. The highest BCUT2D eigenvalue weighted by Crippen LogP contribution is 2.16. The van der Waals surface area contributed by atoms with Gasteiger partial charge in [0.15, 0.2) is 6.10 Å². The molecule has 0 heterocycles. The minimum atomic E-state index is -1.03. The molecule has 0 aliphatic carbocycles. The lowest BCUT2D eigenvalue weighted by molar-refractivity contribution is -0.145. The summed E-state index contributed by atoms with van der Waals surface area (Å²) < 4.78 is 10.1. The first-order valence-corrected chi connectivity index (χ1v) is 5.75. The van der Waals surface area contributed by atoms with E-state index in [1.54, 1.807) is 32.0 Å². The molecule has 0 fully saturated rings. The highest BCUT2D eigenvalue weighted by Gasteiger charge is 2.17. The van der Waals surface area contributed by atoms with E-state index in [0.717, 1.165) is 0 Å². The maximum atomic E-state index is 11.5. The van der Waals surface area contributed by atoms with Crippen LogP contribution in [0.4, 0.5) is 0 Å². The quantitative estimate of drug-likeness (QED) is 0.785. The number of aliphatic carboxylic acids is 1. The van der Waals surface area contributed by atoms with E-state index in [0.29, 0.717) is 17.7 Å². The van der Waals surface area contributed by atoms with Crippen LogP contribution in [0.1, 0.15) is 30.6 Å². The van der Waals surface area contributed by atoms with Gasteiger partial charge in [-0.3, -0.25) is 0 Å². The van der Waals surface area contributed by atoms with Gasteiger partial charge in [0.1, 0.15) is 5.75 Å². The zero-order valence-electron chi connectivity index (χ0n) is 10.4. The standard InChI is InChI=1S/C13H16O5/c1-3-11(12(14)15)18-10-7-5-6-9(8-10)13(16)17-4-2/h5-8,11H,3-4H2,1-2H3,(H,14,15). The second kappa shape index (κ2) is 6.64. The summed E-state index contributed by atoms with van der Waals surface area (Å²) in [5, 5.41) is 8.88. The van der Waals surface area contributed by atoms with E-state index in [-0.39, 0.29) is 6.61 Å². The fourth-order valence-corrected chi connectivity index (χ4v) is 1.38. The first-order valence-electron chi connectivity index (χ1n) is 5.75. The summed E-state index contributed by atoms with van der Waals surface area (Å²) in [6, 6.07) is 6.29. The molecule has 0 amide bonds. The number of carbonyl (C=O) groups is 2. The predicted octanol–water partition coefficient (Wildman–Crippen LogP) is 2.11. The lowest BCUT2D eigenvalue weighted by Crippen LogP contribution is -2.26. The van der Waals surface area contributed by atoms with Gasteiger partial charge in [-0.05, 0) is 31.5 Å². The Bertz CT molecular complexity index is 427. The number of rotatable bonds is 6. The van der Waals surface area contributed by atoms with Crippen LogP contribution in [0.15, 0.2) is 24.3 Å². The molecule has 1 unspecified atom stereocenters. The molecule has 5 nitrogen and oxygen atoms in total. The van der Waals surface area contributed by atoms with Crippen LogP contribution in [0.2, 0.25) is 0 Å². The zero-order valence-corrected chi connectivity index (χ0v) is 10.4. The van der Waals surface area contributed by atoms with Gasteiger partial charge in [0.2, 0.25) is 0 Å². The first-order chi connectivity index (χ1) is 8.58. The number of benzene rings is 1. The van der Waals surface area contributed by atoms with E-state index < -0.39 is 18.0 Å². The summed E-state index contributed by atoms with van der Waals surface area (Å²) in [4.78, 5) is 22.3. The molecule has 0 saturated heterocycles. The van der Waals surface area contributed by atoms with Crippen LogP contribution in [0.25, 0.3) is 0 Å². The Morgan fingerprint density at radius 2 is 2.06 bits per heavy atom. The molecule has 1 N–H and O–H groups in total. The van der Waals surface area contributed by atoms with Crippen molar-refractivity contribution in [2.75, 3.05) is 6.61 Å². The molecule has 0 aliphatic heterocycles. The number of hydrogen-bond acceptors (Lipinski definition) is 4. The molecule has 0 aliphatic rings. The van der Waals surface area contributed by atoms with Gasteiger partial charge in [-0.1, -0.05) is 13.0 Å². The molecule has 0 spiro atoms. The molecule has 5 heteroatoms. The Morgan fingerprint density at radius 1 is 1.33 bits per heavy atom. The van der Waals surface area contributed by atoms with Gasteiger partial charge in [0.25, 0.3) is 0 Å². The monoisotopic (exact) mass is 252 g/mol. The third-order valence-electron chi connectivity index (χ3n) is 2.27. The van der Waals surface area contributed by atoms with E-state index in [4.69, 9.17) is 14.6 Å². The molecule has 18 heavy (non-hydrogen) atoms. The van der Waals surface area contributed by atoms with Gasteiger partial charge in [-0.2, -0.15) is 0 Å². The number of carboxylic acids is 1. The van der Waals surface area contributed by atoms with Crippen molar-refractivity contribution in [3.05, 3.63) is 29.8 Å². The fourth-order valence-electron chi connectivity index (χ4n) is 1.38. The zero-order chi connectivity index (χ0) is 13.5. The van der Waals surface area contributed by atoms with E-state index >= 15 is 0 Å². The second-order valence-corrected chi connectivity index (χ2v) is 3.60. The molecule has 1 aromatic carbocycles. The minimum Gasteiger partial charge on any atom is -0.479 e. The van der Waals surface area contributed by atoms with Crippen LogP contribution in [0.5, 0.6) is 5.75 Å². The number of carboxylic acid groups (broad SMARTS) is 1. The van der Waals surface area contributed by atoms with E-state index in [1.807, 2.05) is 0 Å². The van der Waals surface area contributed by atoms with Crippen LogP contribution in [0.3, 0.4) is 0 Å². The molecule has 1 aromatic rings. The lowest BCUT2D eigenvalue weighted by atomic mass is 10.2. The third-order valence-corrected chi connectivity index (χ3v) is 2.27. The van der Waals surface area contributed by atoms with Crippen molar-refractivity contribution in [1.29, 1.82) is 0 Å². The minimum absolute atomic E-state index is 0.288. The highest BCUT2D eigenvalue weighted by atomic mass is 16.5. The van der Waals surface area contributed by atoms with Crippen molar-refractivity contribution in [3.8, 4) is 5.75 Å². The summed E-state index contributed by atoms with van der Waals surface area (Å²) in [5.74, 6) is -1.14. The normalized spacial score (nSPS) is 11.7. The number of esters is 1. The molecule has 1 atom stereocenters. The van der Waals surface area contributed by atoms with Gasteiger partial charge in [0, 0.05) is 0 Å². The Labute approximate surface area is 105 Å². The van der Waals surface area contributed by atoms with Crippen molar-refractivity contribution in [1.82, 2.24) is 0 Å². The van der Waals surface area contributed by atoms with Gasteiger partial charge in [-0.15, -0.1) is 0 Å². The maximum Gasteiger partial charge on any atom is 0.344 e. The molecule has 0 saturated carbocycles. The Hall–Kier alpha value is -2.04. The van der Waals surface area contributed by atoms with Crippen molar-refractivity contribution in [3.63, 3.8) is 0 Å². The fraction of sp³-hybridized carbons (Fsp3) is 0.385. The molecule has 98 valence electrons. The van der Waals surface area contributed by atoms with Crippen LogP contribution < -0.4 is 4.74 Å². The first kappa shape index (κ1) is 14.0. The van der Waals surface area contributed by atoms with Gasteiger partial charge < -0.3 is 14.6 Å². The Kier molecular flexibility index (Phi) is 5.17. The molecular weight excluding hydrogens is 236 g/mol. The van der Waals surface area contributed by atoms with E-state index in [1.165, 1.54) is 6.07 Å². The second-order valence-electron chi connectivity index (χ2n) is 3.60. The SMILES string of the molecule is CCOC(=O)c1cccc(OC(CC)C(=O)O)c1. The maximum absolute atomic E-state index is 11.5. The topological polar surface area (TPSA) is 72.8 Å². The van der Waals surface area contributed by atoms with Crippen LogP contribution in [-0.4, -0.2) is 29.8 Å². The van der Waals surface area contributed by atoms with Crippen molar-refractivity contribution >= 4 is 11.9 Å². The lowest BCUT2D eigenvalue weighted by Gasteiger charge is -2.13. The molecule has 0 bridgehead atoms. The molecular formula is C13H16O5. The summed E-state index contributed by atoms with van der Waals surface area (Å²) in [5.41, 5.74) is 0.342. The highest BCUT2D eigenvalue weighted by molar-refractivity contribution is 5.89. The average Bonchev–Trinajstić information content (AvgIpc) is 2.36. The van der Waals surface area contributed by atoms with Crippen molar-refractivity contribution < 1.29 is 24.2 Å². The number of hydrogen-bond donors (Lipinski definition) is 1. The van der Waals surface area contributed by atoms with Crippen LogP contribution in [0, 0.1) is 0 Å². The van der Waals surface area contributed by atoms with E-state index in [9.17, 15) is 9.59 Å².